The highest BCUT2D eigenvalue weighted by Gasteiger charge is 2.14. The summed E-state index contributed by atoms with van der Waals surface area (Å²) in [5.74, 6) is -2.73. The van der Waals surface area contributed by atoms with E-state index in [9.17, 15) is 28.8 Å². The van der Waals surface area contributed by atoms with E-state index < -0.39 is 34.4 Å². The summed E-state index contributed by atoms with van der Waals surface area (Å²) in [4.78, 5) is 70.5. The fourth-order valence-electron chi connectivity index (χ4n) is 3.09. The third kappa shape index (κ3) is 8.75. The van der Waals surface area contributed by atoms with Gasteiger partial charge in [0.15, 0.2) is 0 Å². The van der Waals surface area contributed by atoms with Gasteiger partial charge in [0.25, 0.3) is 10.5 Å². The second-order valence-corrected chi connectivity index (χ2v) is 8.51. The first-order valence-electron chi connectivity index (χ1n) is 11.5. The van der Waals surface area contributed by atoms with E-state index in [0.29, 0.717) is 0 Å². The summed E-state index contributed by atoms with van der Waals surface area (Å²) < 4.78 is 20.2. The Hall–Kier alpha value is -4.54. The van der Waals surface area contributed by atoms with Gasteiger partial charge in [0.2, 0.25) is 0 Å². The van der Waals surface area contributed by atoms with Crippen LogP contribution in [0.2, 0.25) is 0 Å². The van der Waals surface area contributed by atoms with Crippen LogP contribution in [0.25, 0.3) is 0 Å². The number of hydrogen-bond acceptors (Lipinski definition) is 10. The molecule has 0 atom stereocenters. The van der Waals surface area contributed by atoms with Gasteiger partial charge in [0.05, 0.1) is 22.3 Å². The van der Waals surface area contributed by atoms with Crippen LogP contribution >= 0.6 is 23.2 Å². The molecule has 206 valence electrons. The summed E-state index contributed by atoms with van der Waals surface area (Å²) in [6.07, 6.45) is 0. The lowest BCUT2D eigenvalue weighted by Crippen LogP contribution is -2.15. The number of hydrogen-bond donors (Lipinski definition) is 0. The Morgan fingerprint density at radius 3 is 0.725 bits per heavy atom. The monoisotopic (exact) mass is 586 g/mol. The smallest absolute Gasteiger partial charge is 0.338 e. The molecule has 0 aliphatic rings. The van der Waals surface area contributed by atoms with Crippen LogP contribution in [0.15, 0.2) is 72.8 Å². The molecule has 3 aromatic rings. The van der Waals surface area contributed by atoms with Gasteiger partial charge in [0.1, 0.15) is 26.4 Å². The van der Waals surface area contributed by atoms with Gasteiger partial charge in [-0.3, -0.25) is 9.59 Å². The van der Waals surface area contributed by atoms with E-state index in [4.69, 9.17) is 42.1 Å². The minimum atomic E-state index is -0.698. The first kappa shape index (κ1) is 30.0. The Labute approximate surface area is 237 Å². The van der Waals surface area contributed by atoms with Crippen molar-refractivity contribution in [3.05, 3.63) is 106 Å². The minimum Gasteiger partial charge on any atom is -0.458 e. The molecule has 0 unspecified atom stereocenters. The molecule has 0 aliphatic carbocycles. The van der Waals surface area contributed by atoms with Gasteiger partial charge in [-0.2, -0.15) is 0 Å². The predicted molar refractivity (Wildman–Crippen MR) is 141 cm³/mol. The third-order valence-electron chi connectivity index (χ3n) is 5.15. The fourth-order valence-corrected chi connectivity index (χ4v) is 3.34. The van der Waals surface area contributed by atoms with Gasteiger partial charge in [-0.15, -0.1) is 0 Å². The van der Waals surface area contributed by atoms with Gasteiger partial charge >= 0.3 is 23.9 Å². The first-order chi connectivity index (χ1) is 19.2. The van der Waals surface area contributed by atoms with Crippen molar-refractivity contribution in [2.24, 2.45) is 0 Å². The normalized spacial score (nSPS) is 10.2. The molecule has 0 heterocycles. The van der Waals surface area contributed by atoms with E-state index in [1.807, 2.05) is 0 Å². The quantitative estimate of drug-likeness (QED) is 0.129. The molecule has 0 spiro atoms. The molecule has 12 heteroatoms. The van der Waals surface area contributed by atoms with Gasteiger partial charge in [-0.05, 0) is 96.0 Å². The summed E-state index contributed by atoms with van der Waals surface area (Å²) >= 11 is 10.7. The van der Waals surface area contributed by atoms with Crippen molar-refractivity contribution in [2.45, 2.75) is 0 Å². The molecule has 0 N–H and O–H groups in total. The van der Waals surface area contributed by atoms with Crippen molar-refractivity contribution in [3.63, 3.8) is 0 Å². The standard InChI is InChI=1S/C28H20Cl2O10/c29-23(31)17-1-5-19(6-2-17)25(33)37-13-15-39-27(35)21-9-11-22(12-10-21)28(36)40-16-14-38-26(34)20-7-3-18(4-8-20)24(30)32/h1-12H,13-16H2. The number of benzene rings is 3. The van der Waals surface area contributed by atoms with Crippen LogP contribution in [0.4, 0.5) is 0 Å². The van der Waals surface area contributed by atoms with Crippen LogP contribution in [-0.2, 0) is 18.9 Å². The predicted octanol–water partition coefficient (Wildman–Crippen LogP) is 4.47. The fraction of sp³-hybridized carbons (Fsp3) is 0.143. The van der Waals surface area contributed by atoms with Crippen molar-refractivity contribution >= 4 is 57.6 Å². The Bertz CT molecular complexity index is 1290. The van der Waals surface area contributed by atoms with Crippen molar-refractivity contribution < 1.29 is 47.7 Å². The van der Waals surface area contributed by atoms with Crippen LogP contribution in [-0.4, -0.2) is 60.8 Å². The third-order valence-corrected chi connectivity index (χ3v) is 5.59. The topological polar surface area (TPSA) is 139 Å². The first-order valence-corrected chi connectivity index (χ1v) is 12.3. The van der Waals surface area contributed by atoms with Gasteiger partial charge in [-0.1, -0.05) is 0 Å². The Morgan fingerprint density at radius 2 is 0.550 bits per heavy atom. The lowest BCUT2D eigenvalue weighted by atomic mass is 10.1. The average molecular weight is 587 g/mol. The molecule has 0 bridgehead atoms. The highest BCUT2D eigenvalue weighted by molar-refractivity contribution is 6.68. The van der Waals surface area contributed by atoms with Crippen LogP contribution in [0.3, 0.4) is 0 Å². The maximum absolute atomic E-state index is 12.2. The van der Waals surface area contributed by atoms with Gasteiger partial charge < -0.3 is 18.9 Å². The Balaban J connectivity index is 1.35. The van der Waals surface area contributed by atoms with Crippen molar-refractivity contribution in [2.75, 3.05) is 26.4 Å². The molecule has 0 saturated heterocycles. The van der Waals surface area contributed by atoms with E-state index in [-0.39, 0.29) is 59.8 Å². The van der Waals surface area contributed by atoms with Gasteiger partial charge in [0, 0.05) is 11.1 Å². The number of carbonyl (C=O) groups is 6. The second kappa shape index (κ2) is 14.6. The molecular weight excluding hydrogens is 567 g/mol. The minimum absolute atomic E-state index is 0.153. The molecular formula is C28H20Cl2O10. The van der Waals surface area contributed by atoms with Crippen molar-refractivity contribution in [1.82, 2.24) is 0 Å². The lowest BCUT2D eigenvalue weighted by Gasteiger charge is -2.08. The molecule has 0 aliphatic heterocycles. The molecule has 10 nitrogen and oxygen atoms in total. The largest absolute Gasteiger partial charge is 0.458 e. The van der Waals surface area contributed by atoms with E-state index in [0.717, 1.165) is 0 Å². The molecule has 0 fully saturated rings. The molecule has 0 saturated carbocycles. The van der Waals surface area contributed by atoms with Crippen molar-refractivity contribution in [3.8, 4) is 0 Å². The molecule has 3 rings (SSSR count). The van der Waals surface area contributed by atoms with E-state index >= 15 is 0 Å². The summed E-state index contributed by atoms with van der Waals surface area (Å²) in [5.41, 5.74) is 1.17. The zero-order chi connectivity index (χ0) is 29.1. The van der Waals surface area contributed by atoms with E-state index in [1.54, 1.807) is 0 Å². The lowest BCUT2D eigenvalue weighted by molar-refractivity contribution is 0.0263. The van der Waals surface area contributed by atoms with Crippen LogP contribution < -0.4 is 0 Å². The zero-order valence-electron chi connectivity index (χ0n) is 20.6. The molecule has 40 heavy (non-hydrogen) atoms. The van der Waals surface area contributed by atoms with E-state index in [2.05, 4.69) is 0 Å². The molecule has 0 radical (unpaired) electrons. The van der Waals surface area contributed by atoms with Crippen LogP contribution in [0.5, 0.6) is 0 Å². The van der Waals surface area contributed by atoms with Crippen LogP contribution in [0.1, 0.15) is 62.1 Å². The Kier molecular flexibility index (Phi) is 10.9. The summed E-state index contributed by atoms with van der Waals surface area (Å²) in [5, 5.41) is -1.30. The number of esters is 4. The highest BCUT2D eigenvalue weighted by Crippen LogP contribution is 2.11. The molecule has 0 aromatic heterocycles. The summed E-state index contributed by atoms with van der Waals surface area (Å²) in [6.45, 7) is -0.817. The number of halogens is 2. The molecule has 0 amide bonds. The van der Waals surface area contributed by atoms with E-state index in [1.165, 1.54) is 72.8 Å². The maximum atomic E-state index is 12.2. The van der Waals surface area contributed by atoms with Crippen LogP contribution in [0, 0.1) is 0 Å². The second-order valence-electron chi connectivity index (χ2n) is 7.82. The highest BCUT2D eigenvalue weighted by atomic mass is 35.5. The Morgan fingerprint density at radius 1 is 0.375 bits per heavy atom. The van der Waals surface area contributed by atoms with Gasteiger partial charge in [-0.25, -0.2) is 19.2 Å². The summed E-state index contributed by atoms with van der Waals surface area (Å²) in [7, 11) is 0. The maximum Gasteiger partial charge on any atom is 0.338 e. The molecule has 3 aromatic carbocycles. The number of carbonyl (C=O) groups excluding carboxylic acids is 6. The average Bonchev–Trinajstić information content (AvgIpc) is 2.97. The zero-order valence-corrected chi connectivity index (χ0v) is 22.1. The SMILES string of the molecule is O=C(Cl)c1ccc(C(=O)OCCOC(=O)c2ccc(C(=O)OCCOC(=O)c3ccc(C(=O)Cl)cc3)cc2)cc1. The number of ether oxygens (including phenoxy) is 4. The summed E-state index contributed by atoms with van der Waals surface area (Å²) in [6, 6.07) is 16.5. The van der Waals surface area contributed by atoms with Crippen molar-refractivity contribution in [1.29, 1.82) is 0 Å². The number of rotatable bonds is 12.